The largest absolute Gasteiger partial charge is 0.478 e. The van der Waals surface area contributed by atoms with E-state index in [0.29, 0.717) is 44.1 Å². The Bertz CT molecular complexity index is 5290. The summed E-state index contributed by atoms with van der Waals surface area (Å²) in [5.74, 6) is -4.52. The molecule has 0 atom stereocenters. The van der Waals surface area contributed by atoms with E-state index in [1.807, 2.05) is 48.5 Å². The van der Waals surface area contributed by atoms with Crippen LogP contribution >= 0.6 is 0 Å². The number of fused-ring (bicyclic) bond motifs is 7. The third kappa shape index (κ3) is 16.5. The molecular formula is C63H60F3N21O14. The van der Waals surface area contributed by atoms with E-state index in [2.05, 4.69) is 71.4 Å². The van der Waals surface area contributed by atoms with Crippen molar-refractivity contribution in [3.63, 3.8) is 0 Å². The maximum Gasteiger partial charge on any atom is 0.452 e. The summed E-state index contributed by atoms with van der Waals surface area (Å²) in [4.78, 5) is 75.7. The van der Waals surface area contributed by atoms with Crippen LogP contribution in [-0.4, -0.2) is 180 Å². The second kappa shape index (κ2) is 31.1. The van der Waals surface area contributed by atoms with Gasteiger partial charge in [0.1, 0.15) is 74.4 Å². The van der Waals surface area contributed by atoms with Gasteiger partial charge in [-0.25, -0.2) is 33.6 Å². The van der Waals surface area contributed by atoms with Gasteiger partial charge in [0, 0.05) is 67.6 Å². The molecule has 0 fully saturated rings. The van der Waals surface area contributed by atoms with E-state index < -0.39 is 53.8 Å². The van der Waals surface area contributed by atoms with Crippen LogP contribution in [0.2, 0.25) is 0 Å². The van der Waals surface area contributed by atoms with Crippen LogP contribution in [-0.2, 0) is 24.4 Å². The number of carboxylic acid groups (broad SMARTS) is 7. The lowest BCUT2D eigenvalue weighted by molar-refractivity contribution is -0.145. The number of hydrogen-bond acceptors (Lipinski definition) is 21. The van der Waals surface area contributed by atoms with Crippen molar-refractivity contribution in [2.24, 2.45) is 0 Å². The van der Waals surface area contributed by atoms with E-state index in [1.54, 1.807) is 107 Å². The number of pyridine rings is 7. The number of alkyl halides is 3. The first-order valence-corrected chi connectivity index (χ1v) is 29.9. The zero-order chi connectivity index (χ0) is 73.8. The van der Waals surface area contributed by atoms with Crippen molar-refractivity contribution in [1.82, 2.24) is 102 Å². The number of rotatable bonds is 11. The van der Waals surface area contributed by atoms with Crippen LogP contribution in [0.5, 0.6) is 0 Å². The SMILES string of the molecule is CC(C)(C)c1nnc2c(C(=O)O)cccn12.CC(C)c1nnc2c(C(=O)O)cccn12.CCCc1nnc2c(C(=O)O)cccn12.CCc1nnc2c(C(=O)O)cccn12.Cc1nnc2c(C(=O)O)cccn12.O=C(O)c1cccn2c(C(F)(F)F)nnc12.O=C(O)c1cccn2cnnc12. The lowest BCUT2D eigenvalue weighted by Gasteiger charge is -2.15. The molecule has 0 unspecified atom stereocenters. The van der Waals surface area contributed by atoms with E-state index in [1.165, 1.54) is 48.8 Å². The normalized spacial score (nSPS) is 11.1. The third-order valence-electron chi connectivity index (χ3n) is 14.1. The minimum atomic E-state index is -4.67. The highest BCUT2D eigenvalue weighted by Gasteiger charge is 2.37. The lowest BCUT2D eigenvalue weighted by atomic mass is 9.96. The van der Waals surface area contributed by atoms with E-state index in [-0.39, 0.29) is 55.9 Å². The van der Waals surface area contributed by atoms with Gasteiger partial charge in [-0.1, -0.05) is 48.5 Å². The summed E-state index contributed by atoms with van der Waals surface area (Å²) in [6.07, 6.45) is 10.9. The lowest BCUT2D eigenvalue weighted by Crippen LogP contribution is -2.16. The van der Waals surface area contributed by atoms with Crippen molar-refractivity contribution in [3.8, 4) is 0 Å². The van der Waals surface area contributed by atoms with E-state index in [9.17, 15) is 46.7 Å². The van der Waals surface area contributed by atoms with E-state index in [4.69, 9.17) is 35.7 Å². The highest BCUT2D eigenvalue weighted by molar-refractivity contribution is 5.97. The van der Waals surface area contributed by atoms with Gasteiger partial charge in [-0.2, -0.15) is 13.2 Å². The molecule has 38 heteroatoms. The van der Waals surface area contributed by atoms with E-state index in [0.717, 1.165) is 54.8 Å². The number of hydrogen-bond donors (Lipinski definition) is 7. The molecular weight excluding hydrogens is 1330 g/mol. The van der Waals surface area contributed by atoms with Gasteiger partial charge in [0.2, 0.25) is 5.82 Å². The summed E-state index contributed by atoms with van der Waals surface area (Å²) in [7, 11) is 0. The number of carbonyl (C=O) groups is 7. The van der Waals surface area contributed by atoms with Crippen LogP contribution in [0.25, 0.3) is 39.5 Å². The number of nitrogens with zero attached hydrogens (tertiary/aromatic N) is 21. The fourth-order valence-corrected chi connectivity index (χ4v) is 9.48. The summed E-state index contributed by atoms with van der Waals surface area (Å²) in [5, 5.41) is 115. The fourth-order valence-electron chi connectivity index (χ4n) is 9.48. The van der Waals surface area contributed by atoms with Crippen LogP contribution in [0, 0.1) is 6.92 Å². The zero-order valence-electron chi connectivity index (χ0n) is 54.4. The van der Waals surface area contributed by atoms with Gasteiger partial charge in [0.15, 0.2) is 39.5 Å². The number of halogens is 3. The molecule has 7 N–H and O–H groups in total. The molecule has 14 aromatic rings. The van der Waals surface area contributed by atoms with Crippen LogP contribution < -0.4 is 0 Å². The Morgan fingerprint density at radius 3 is 1.14 bits per heavy atom. The summed E-state index contributed by atoms with van der Waals surface area (Å²) in [6.45, 7) is 15.8. The second-order valence-corrected chi connectivity index (χ2v) is 22.4. The maximum atomic E-state index is 12.4. The van der Waals surface area contributed by atoms with Gasteiger partial charge < -0.3 is 35.7 Å². The smallest absolute Gasteiger partial charge is 0.452 e. The van der Waals surface area contributed by atoms with Crippen LogP contribution in [0.15, 0.2) is 135 Å². The number of aromatic carboxylic acids is 7. The number of carboxylic acids is 7. The molecule has 101 heavy (non-hydrogen) atoms. The Kier molecular flexibility index (Phi) is 22.5. The zero-order valence-corrected chi connectivity index (χ0v) is 54.4. The molecule has 14 rings (SSSR count). The molecule has 522 valence electrons. The van der Waals surface area contributed by atoms with Gasteiger partial charge in [-0.05, 0) is 98.3 Å². The van der Waals surface area contributed by atoms with Gasteiger partial charge in [0.25, 0.3) is 0 Å². The molecule has 0 amide bonds. The Hall–Kier alpha value is -13.6. The Morgan fingerprint density at radius 1 is 0.396 bits per heavy atom. The molecule has 0 spiro atoms. The second-order valence-electron chi connectivity index (χ2n) is 22.4. The Balaban J connectivity index is 0.000000150. The first-order valence-electron chi connectivity index (χ1n) is 29.9. The highest BCUT2D eigenvalue weighted by atomic mass is 19.4. The Labute approximate surface area is 564 Å². The first-order chi connectivity index (χ1) is 47.9. The molecule has 0 aliphatic heterocycles. The van der Waals surface area contributed by atoms with Gasteiger partial charge in [-0.3, -0.25) is 30.8 Å². The van der Waals surface area contributed by atoms with Gasteiger partial charge >= 0.3 is 48.0 Å². The maximum absolute atomic E-state index is 12.4. The first kappa shape index (κ1) is 73.2. The van der Waals surface area contributed by atoms with Crippen molar-refractivity contribution < 1.29 is 82.5 Å². The van der Waals surface area contributed by atoms with Gasteiger partial charge in [0.05, 0.1) is 0 Å². The monoisotopic (exact) mass is 1390 g/mol. The molecule has 0 aliphatic rings. The molecule has 14 aromatic heterocycles. The number of aryl methyl sites for hydroxylation is 3. The molecule has 35 nitrogen and oxygen atoms in total. The third-order valence-corrected chi connectivity index (χ3v) is 14.1. The quantitative estimate of drug-likeness (QED) is 0.0640. The van der Waals surface area contributed by atoms with Crippen LogP contribution in [0.3, 0.4) is 0 Å². The molecule has 0 bridgehead atoms. The summed E-state index contributed by atoms with van der Waals surface area (Å²) >= 11 is 0. The van der Waals surface area contributed by atoms with Gasteiger partial charge in [-0.15, -0.1) is 71.4 Å². The molecule has 0 aliphatic carbocycles. The van der Waals surface area contributed by atoms with Crippen molar-refractivity contribution >= 4 is 81.3 Å². The summed E-state index contributed by atoms with van der Waals surface area (Å²) in [5.41, 5.74) is 2.56. The van der Waals surface area contributed by atoms with Crippen LogP contribution in [0.1, 0.15) is 168 Å². The van der Waals surface area contributed by atoms with Crippen molar-refractivity contribution in [2.45, 2.75) is 92.2 Å². The predicted molar refractivity (Wildman–Crippen MR) is 346 cm³/mol. The highest BCUT2D eigenvalue weighted by Crippen LogP contribution is 2.29. The Morgan fingerprint density at radius 2 is 0.723 bits per heavy atom. The molecule has 14 heterocycles. The molecule has 0 saturated heterocycles. The van der Waals surface area contributed by atoms with Crippen LogP contribution in [0.4, 0.5) is 13.2 Å². The average Bonchev–Trinajstić information content (AvgIpc) is 1.65. The predicted octanol–water partition coefficient (Wildman–Crippen LogP) is 8.26. The standard InChI is InChI=1S/C11H13N3O2.2C10H11N3O2.C9H9N3O2.C8H4F3N3O2.C8H7N3O2.C7H5N3O2/c1-11(2,3)10-13-12-8-7(9(15)16)5-4-6-14(8)10;1-6(2)8-11-12-9-7(10(14)15)4-3-5-13(8)9;1-2-4-8-11-12-9-7(10(14)15)5-3-6-13(8)9;1-2-7-10-11-8-6(9(13)14)4-3-5-12(7)8;9-8(10,11)7-13-12-5-4(6(15)16)2-1-3-14(5)7;1-5-9-10-7-6(8(12)13)3-2-4-11(5)7;11-7(12)5-2-1-3-10-4-8-9-6(5)10/h4-6H,1-3H3,(H,15,16);3-6H,1-2H3,(H,14,15);3,5-6H,2,4H2,1H3,(H,14,15);3-5H,2H2,1H3,(H,13,14);1-3H,(H,15,16);2-4H,1H3,(H,12,13);1-4H,(H,11,12). The molecule has 0 saturated carbocycles. The number of aromatic nitrogens is 21. The summed E-state index contributed by atoms with van der Waals surface area (Å²) < 4.78 is 47.9. The van der Waals surface area contributed by atoms with Crippen molar-refractivity contribution in [2.75, 3.05) is 0 Å². The minimum absolute atomic E-state index is 0.162. The summed E-state index contributed by atoms with van der Waals surface area (Å²) in [6, 6.07) is 21.5. The molecule has 0 aromatic carbocycles. The topological polar surface area (TPSA) is 472 Å². The average molecular weight is 1390 g/mol. The van der Waals surface area contributed by atoms with Crippen molar-refractivity contribution in [3.05, 3.63) is 209 Å². The van der Waals surface area contributed by atoms with E-state index >= 15 is 0 Å². The molecule has 0 radical (unpaired) electrons. The fraction of sp³-hybridized carbons (Fsp3) is 0.222. The van der Waals surface area contributed by atoms with Crippen molar-refractivity contribution in [1.29, 1.82) is 0 Å². The minimum Gasteiger partial charge on any atom is -0.478 e.